The Morgan fingerprint density at radius 3 is 2.80 bits per heavy atom. The van der Waals surface area contributed by atoms with Crippen LogP contribution in [0.1, 0.15) is 6.42 Å². The molecule has 0 aliphatic carbocycles. The van der Waals surface area contributed by atoms with E-state index in [9.17, 15) is 4.79 Å². The lowest BCUT2D eigenvalue weighted by Gasteiger charge is -2.09. The number of carbonyl (C=O) groups is 1. The van der Waals surface area contributed by atoms with Gasteiger partial charge in [-0.1, -0.05) is 6.08 Å². The van der Waals surface area contributed by atoms with Crippen molar-refractivity contribution in [2.24, 2.45) is 0 Å². The van der Waals surface area contributed by atoms with Crippen LogP contribution in [0, 0.1) is 0 Å². The average molecular weight is 143 g/mol. The third-order valence-electron chi connectivity index (χ3n) is 1.24. The molecule has 3 heteroatoms. The number of hydrogen-bond donors (Lipinski definition) is 1. The van der Waals surface area contributed by atoms with Crippen molar-refractivity contribution in [3.05, 3.63) is 12.7 Å². The molecule has 0 aromatic carbocycles. The van der Waals surface area contributed by atoms with Gasteiger partial charge in [-0.15, -0.1) is 6.58 Å². The SMILES string of the molecule is C=CCC(NC)C(=O)OC. The average Bonchev–Trinajstić information content (AvgIpc) is 1.99. The molecule has 1 unspecified atom stereocenters. The first-order valence-electron chi connectivity index (χ1n) is 3.12. The van der Waals surface area contributed by atoms with Gasteiger partial charge in [-0.2, -0.15) is 0 Å². The van der Waals surface area contributed by atoms with Gasteiger partial charge < -0.3 is 10.1 Å². The van der Waals surface area contributed by atoms with E-state index in [1.54, 1.807) is 13.1 Å². The second-order valence-electron chi connectivity index (χ2n) is 1.89. The van der Waals surface area contributed by atoms with Crippen LogP contribution in [0.2, 0.25) is 0 Å². The molecule has 0 aromatic heterocycles. The molecule has 0 saturated carbocycles. The Morgan fingerprint density at radius 1 is 1.90 bits per heavy atom. The maximum Gasteiger partial charge on any atom is 0.323 e. The van der Waals surface area contributed by atoms with Crippen LogP contribution in [-0.4, -0.2) is 26.2 Å². The number of nitrogens with one attached hydrogen (secondary N) is 1. The quantitative estimate of drug-likeness (QED) is 0.455. The Labute approximate surface area is 61.1 Å². The summed E-state index contributed by atoms with van der Waals surface area (Å²) in [6, 6.07) is -0.248. The highest BCUT2D eigenvalue weighted by Crippen LogP contribution is 1.93. The number of carbonyl (C=O) groups excluding carboxylic acids is 1. The van der Waals surface area contributed by atoms with Gasteiger partial charge in [0, 0.05) is 0 Å². The molecule has 0 aliphatic rings. The lowest BCUT2D eigenvalue weighted by Crippen LogP contribution is -2.34. The summed E-state index contributed by atoms with van der Waals surface area (Å²) >= 11 is 0. The van der Waals surface area contributed by atoms with Crippen molar-refractivity contribution in [1.82, 2.24) is 5.32 Å². The Hall–Kier alpha value is -0.830. The van der Waals surface area contributed by atoms with Crippen molar-refractivity contribution in [3.8, 4) is 0 Å². The molecule has 0 spiro atoms. The first-order chi connectivity index (χ1) is 4.76. The molecule has 0 aromatic rings. The van der Waals surface area contributed by atoms with Crippen molar-refractivity contribution in [2.45, 2.75) is 12.5 Å². The van der Waals surface area contributed by atoms with E-state index >= 15 is 0 Å². The highest BCUT2D eigenvalue weighted by Gasteiger charge is 2.13. The summed E-state index contributed by atoms with van der Waals surface area (Å²) in [6.45, 7) is 3.52. The first kappa shape index (κ1) is 9.17. The predicted octanol–water partition coefficient (Wildman–Crippen LogP) is 0.323. The summed E-state index contributed by atoms with van der Waals surface area (Å²) < 4.78 is 4.51. The minimum Gasteiger partial charge on any atom is -0.468 e. The molecule has 1 N–H and O–H groups in total. The van der Waals surface area contributed by atoms with Gasteiger partial charge in [-0.3, -0.25) is 4.79 Å². The van der Waals surface area contributed by atoms with Gasteiger partial charge in [-0.05, 0) is 13.5 Å². The summed E-state index contributed by atoms with van der Waals surface area (Å²) in [5.41, 5.74) is 0. The number of methoxy groups -OCH3 is 1. The fourth-order valence-electron chi connectivity index (χ4n) is 0.641. The van der Waals surface area contributed by atoms with E-state index < -0.39 is 0 Å². The van der Waals surface area contributed by atoms with Crippen LogP contribution >= 0.6 is 0 Å². The van der Waals surface area contributed by atoms with Gasteiger partial charge >= 0.3 is 5.97 Å². The summed E-state index contributed by atoms with van der Waals surface area (Å²) in [6.07, 6.45) is 2.28. The van der Waals surface area contributed by atoms with Crippen LogP contribution in [0.15, 0.2) is 12.7 Å². The molecule has 0 rings (SSSR count). The third-order valence-corrected chi connectivity index (χ3v) is 1.24. The lowest BCUT2D eigenvalue weighted by atomic mass is 10.2. The molecule has 58 valence electrons. The highest BCUT2D eigenvalue weighted by atomic mass is 16.5. The van der Waals surface area contributed by atoms with Crippen molar-refractivity contribution < 1.29 is 9.53 Å². The Bertz CT molecular complexity index is 123. The van der Waals surface area contributed by atoms with Gasteiger partial charge in [0.15, 0.2) is 0 Å². The Balaban J connectivity index is 3.79. The molecule has 0 bridgehead atoms. The van der Waals surface area contributed by atoms with Crippen LogP contribution in [-0.2, 0) is 9.53 Å². The fourth-order valence-corrected chi connectivity index (χ4v) is 0.641. The predicted molar refractivity (Wildman–Crippen MR) is 39.7 cm³/mol. The number of esters is 1. The van der Waals surface area contributed by atoms with E-state index in [1.807, 2.05) is 0 Å². The van der Waals surface area contributed by atoms with Crippen LogP contribution in [0.4, 0.5) is 0 Å². The van der Waals surface area contributed by atoms with E-state index in [2.05, 4.69) is 16.6 Å². The van der Waals surface area contributed by atoms with Crippen molar-refractivity contribution in [3.63, 3.8) is 0 Å². The second-order valence-corrected chi connectivity index (χ2v) is 1.89. The van der Waals surface area contributed by atoms with Crippen LogP contribution in [0.5, 0.6) is 0 Å². The summed E-state index contributed by atoms with van der Waals surface area (Å²) in [4.78, 5) is 10.8. The first-order valence-corrected chi connectivity index (χ1v) is 3.12. The zero-order valence-electron chi connectivity index (χ0n) is 6.39. The molecule has 3 nitrogen and oxygen atoms in total. The van der Waals surface area contributed by atoms with Gasteiger partial charge in [0.2, 0.25) is 0 Å². The van der Waals surface area contributed by atoms with Crippen molar-refractivity contribution in [2.75, 3.05) is 14.2 Å². The molecular weight excluding hydrogens is 130 g/mol. The standard InChI is InChI=1S/C7H13NO2/c1-4-5-6(8-2)7(9)10-3/h4,6,8H,1,5H2,2-3H3. The summed E-state index contributed by atoms with van der Waals surface area (Å²) in [5, 5.41) is 2.81. The fraction of sp³-hybridized carbons (Fsp3) is 0.571. The number of ether oxygens (including phenoxy) is 1. The van der Waals surface area contributed by atoms with Gasteiger partial charge in [0.25, 0.3) is 0 Å². The van der Waals surface area contributed by atoms with Crippen LogP contribution in [0.3, 0.4) is 0 Å². The van der Waals surface area contributed by atoms with Gasteiger partial charge in [0.1, 0.15) is 6.04 Å². The smallest absolute Gasteiger partial charge is 0.323 e. The van der Waals surface area contributed by atoms with Gasteiger partial charge in [-0.25, -0.2) is 0 Å². The van der Waals surface area contributed by atoms with Gasteiger partial charge in [0.05, 0.1) is 7.11 Å². The molecule has 0 aliphatic heterocycles. The summed E-state index contributed by atoms with van der Waals surface area (Å²) in [5.74, 6) is -0.248. The summed E-state index contributed by atoms with van der Waals surface area (Å²) in [7, 11) is 3.08. The van der Waals surface area contributed by atoms with E-state index in [0.717, 1.165) is 0 Å². The Morgan fingerprint density at radius 2 is 2.50 bits per heavy atom. The van der Waals surface area contributed by atoms with E-state index in [1.165, 1.54) is 7.11 Å². The van der Waals surface area contributed by atoms with Crippen LogP contribution in [0.25, 0.3) is 0 Å². The lowest BCUT2D eigenvalue weighted by molar-refractivity contribution is -0.142. The monoisotopic (exact) mass is 143 g/mol. The minimum absolute atomic E-state index is 0.248. The van der Waals surface area contributed by atoms with E-state index in [4.69, 9.17) is 0 Å². The van der Waals surface area contributed by atoms with Crippen molar-refractivity contribution >= 4 is 5.97 Å². The molecular formula is C7H13NO2. The minimum atomic E-state index is -0.248. The molecule has 0 heterocycles. The molecule has 0 saturated heterocycles. The third kappa shape index (κ3) is 2.64. The topological polar surface area (TPSA) is 38.3 Å². The maximum atomic E-state index is 10.8. The highest BCUT2D eigenvalue weighted by molar-refractivity contribution is 5.75. The number of likely N-dealkylation sites (N-methyl/N-ethyl adjacent to an activating group) is 1. The van der Waals surface area contributed by atoms with E-state index in [-0.39, 0.29) is 12.0 Å². The second kappa shape index (κ2) is 4.99. The van der Waals surface area contributed by atoms with Crippen molar-refractivity contribution in [1.29, 1.82) is 0 Å². The number of hydrogen-bond acceptors (Lipinski definition) is 3. The maximum absolute atomic E-state index is 10.8. The molecule has 0 radical (unpaired) electrons. The van der Waals surface area contributed by atoms with Crippen LogP contribution < -0.4 is 5.32 Å². The zero-order chi connectivity index (χ0) is 7.98. The largest absolute Gasteiger partial charge is 0.468 e. The van der Waals surface area contributed by atoms with E-state index in [0.29, 0.717) is 6.42 Å². The Kier molecular flexibility index (Phi) is 4.58. The zero-order valence-corrected chi connectivity index (χ0v) is 6.39. The normalized spacial score (nSPS) is 12.2. The number of rotatable bonds is 4. The molecule has 1 atom stereocenters. The molecule has 0 fully saturated rings. The molecule has 10 heavy (non-hydrogen) atoms. The molecule has 0 amide bonds.